The number of anilines is 1. The first-order valence-electron chi connectivity index (χ1n) is 7.14. The summed E-state index contributed by atoms with van der Waals surface area (Å²) in [5, 5.41) is 3.43. The lowest BCUT2D eigenvalue weighted by molar-refractivity contribution is 0.555. The van der Waals surface area contributed by atoms with Crippen LogP contribution >= 0.6 is 0 Å². The zero-order valence-corrected chi connectivity index (χ0v) is 12.1. The molecule has 0 aliphatic carbocycles. The molecule has 0 spiro atoms. The highest BCUT2D eigenvalue weighted by molar-refractivity contribution is 5.76. The second kappa shape index (κ2) is 5.48. The normalized spacial score (nSPS) is 12.5. The van der Waals surface area contributed by atoms with Gasteiger partial charge in [0.25, 0.3) is 0 Å². The van der Waals surface area contributed by atoms with Crippen molar-refractivity contribution in [2.45, 2.75) is 26.3 Å². The third-order valence-corrected chi connectivity index (χ3v) is 3.69. The lowest BCUT2D eigenvalue weighted by atomic mass is 10.0. The summed E-state index contributed by atoms with van der Waals surface area (Å²) in [6, 6.07) is 14.4. The van der Waals surface area contributed by atoms with E-state index in [0.717, 1.165) is 12.1 Å². The van der Waals surface area contributed by atoms with Crippen LogP contribution in [0.5, 0.6) is 0 Å². The van der Waals surface area contributed by atoms with Crippen LogP contribution in [0.3, 0.4) is 0 Å². The number of hydrogen-bond acceptors (Lipinski definition) is 3. The van der Waals surface area contributed by atoms with E-state index >= 15 is 0 Å². The largest absolute Gasteiger partial charge is 0.417 e. The molecule has 3 rings (SSSR count). The Hall–Kier alpha value is -2.49. The van der Waals surface area contributed by atoms with Crippen molar-refractivity contribution in [3.05, 3.63) is 64.1 Å². The van der Waals surface area contributed by atoms with Crippen molar-refractivity contribution in [1.29, 1.82) is 0 Å². The number of H-pyrrole nitrogens is 1. The van der Waals surface area contributed by atoms with Gasteiger partial charge >= 0.3 is 5.76 Å². The molecule has 108 valence electrons. The van der Waals surface area contributed by atoms with E-state index in [2.05, 4.69) is 48.4 Å². The zero-order valence-electron chi connectivity index (χ0n) is 12.1. The molecule has 2 aromatic carbocycles. The van der Waals surface area contributed by atoms with Crippen molar-refractivity contribution in [2.24, 2.45) is 0 Å². The fourth-order valence-electron chi connectivity index (χ4n) is 2.42. The van der Waals surface area contributed by atoms with Crippen molar-refractivity contribution in [1.82, 2.24) is 4.98 Å². The van der Waals surface area contributed by atoms with Crippen LogP contribution in [0.1, 0.15) is 31.0 Å². The Labute approximate surface area is 122 Å². The highest BCUT2D eigenvalue weighted by atomic mass is 16.4. The Morgan fingerprint density at radius 3 is 2.67 bits per heavy atom. The third kappa shape index (κ3) is 2.84. The fraction of sp³-hybridized carbons (Fsp3) is 0.235. The fourth-order valence-corrected chi connectivity index (χ4v) is 2.42. The quantitative estimate of drug-likeness (QED) is 0.764. The second-order valence-electron chi connectivity index (χ2n) is 5.19. The van der Waals surface area contributed by atoms with Gasteiger partial charge in [-0.1, -0.05) is 31.2 Å². The molecule has 21 heavy (non-hydrogen) atoms. The molecule has 1 unspecified atom stereocenters. The molecule has 0 bridgehead atoms. The Bertz CT molecular complexity index is 800. The van der Waals surface area contributed by atoms with Crippen molar-refractivity contribution in [3.63, 3.8) is 0 Å². The van der Waals surface area contributed by atoms with Gasteiger partial charge in [0.1, 0.15) is 0 Å². The van der Waals surface area contributed by atoms with Gasteiger partial charge in [0.15, 0.2) is 5.58 Å². The summed E-state index contributed by atoms with van der Waals surface area (Å²) in [4.78, 5) is 13.8. The summed E-state index contributed by atoms with van der Waals surface area (Å²) in [7, 11) is 0. The van der Waals surface area contributed by atoms with Gasteiger partial charge in [-0.15, -0.1) is 0 Å². The predicted molar refractivity (Wildman–Crippen MR) is 84.7 cm³/mol. The molecule has 0 aliphatic heterocycles. The lowest BCUT2D eigenvalue weighted by Gasteiger charge is -2.16. The number of hydrogen-bond donors (Lipinski definition) is 2. The van der Waals surface area contributed by atoms with Gasteiger partial charge in [0.05, 0.1) is 5.52 Å². The van der Waals surface area contributed by atoms with E-state index in [1.807, 2.05) is 12.1 Å². The molecular formula is C17H18N2O2. The first-order valence-corrected chi connectivity index (χ1v) is 7.14. The first kappa shape index (κ1) is 13.5. The molecule has 0 radical (unpaired) electrons. The molecule has 0 saturated heterocycles. The van der Waals surface area contributed by atoms with Crippen LogP contribution in [0.4, 0.5) is 5.69 Å². The van der Waals surface area contributed by atoms with Crippen LogP contribution in [-0.4, -0.2) is 4.98 Å². The molecule has 4 heteroatoms. The first-order chi connectivity index (χ1) is 10.2. The number of oxazole rings is 1. The Morgan fingerprint density at radius 2 is 1.95 bits per heavy atom. The molecule has 0 saturated carbocycles. The van der Waals surface area contributed by atoms with E-state index < -0.39 is 5.76 Å². The van der Waals surface area contributed by atoms with Gasteiger partial charge in [-0.3, -0.25) is 4.98 Å². The number of aromatic amines is 1. The minimum absolute atomic E-state index is 0.187. The molecule has 1 atom stereocenters. The number of aromatic nitrogens is 1. The van der Waals surface area contributed by atoms with E-state index in [-0.39, 0.29) is 6.04 Å². The van der Waals surface area contributed by atoms with Gasteiger partial charge in [-0.25, -0.2) is 4.79 Å². The smallest absolute Gasteiger partial charge is 0.408 e. The maximum Gasteiger partial charge on any atom is 0.417 e. The topological polar surface area (TPSA) is 58.0 Å². The number of aryl methyl sites for hydroxylation is 1. The molecule has 4 nitrogen and oxygen atoms in total. The van der Waals surface area contributed by atoms with Gasteiger partial charge in [-0.05, 0) is 42.7 Å². The molecular weight excluding hydrogens is 264 g/mol. The second-order valence-corrected chi connectivity index (χ2v) is 5.19. The van der Waals surface area contributed by atoms with Gasteiger partial charge in [0.2, 0.25) is 0 Å². The molecule has 0 amide bonds. The van der Waals surface area contributed by atoms with E-state index in [1.165, 1.54) is 11.1 Å². The molecule has 3 aromatic rings. The van der Waals surface area contributed by atoms with Crippen molar-refractivity contribution in [3.8, 4) is 0 Å². The van der Waals surface area contributed by atoms with E-state index in [9.17, 15) is 4.79 Å². The lowest BCUT2D eigenvalue weighted by Crippen LogP contribution is -2.06. The number of nitrogens with one attached hydrogen (secondary N) is 2. The summed E-state index contributed by atoms with van der Waals surface area (Å²) in [5.74, 6) is -0.426. The SMILES string of the molecule is CCc1ccc(C(C)Nc2ccc3oc(=O)[nH]c3c2)cc1. The zero-order chi connectivity index (χ0) is 14.8. The monoisotopic (exact) mass is 282 g/mol. The maximum absolute atomic E-state index is 11.2. The van der Waals surface area contributed by atoms with Crippen molar-refractivity contribution in [2.75, 3.05) is 5.32 Å². The third-order valence-electron chi connectivity index (χ3n) is 3.69. The van der Waals surface area contributed by atoms with Crippen molar-refractivity contribution < 1.29 is 4.42 Å². The maximum atomic E-state index is 11.2. The molecule has 1 heterocycles. The summed E-state index contributed by atoms with van der Waals surface area (Å²) in [6.45, 7) is 4.26. The number of fused-ring (bicyclic) bond motifs is 1. The molecule has 1 aromatic heterocycles. The molecule has 0 aliphatic rings. The Morgan fingerprint density at radius 1 is 1.19 bits per heavy atom. The Balaban J connectivity index is 1.81. The predicted octanol–water partition coefficient (Wildman–Crippen LogP) is 3.86. The van der Waals surface area contributed by atoms with Crippen LogP contribution in [0.15, 0.2) is 51.7 Å². The summed E-state index contributed by atoms with van der Waals surface area (Å²) < 4.78 is 5.00. The van der Waals surface area contributed by atoms with Crippen LogP contribution in [0.2, 0.25) is 0 Å². The molecule has 0 fully saturated rings. The number of benzene rings is 2. The number of rotatable bonds is 4. The van der Waals surface area contributed by atoms with E-state index in [4.69, 9.17) is 4.42 Å². The minimum Gasteiger partial charge on any atom is -0.408 e. The van der Waals surface area contributed by atoms with E-state index in [1.54, 1.807) is 6.07 Å². The van der Waals surface area contributed by atoms with Gasteiger partial charge in [0, 0.05) is 11.7 Å². The molecule has 2 N–H and O–H groups in total. The minimum atomic E-state index is -0.426. The Kier molecular flexibility index (Phi) is 3.52. The van der Waals surface area contributed by atoms with Gasteiger partial charge in [-0.2, -0.15) is 0 Å². The van der Waals surface area contributed by atoms with Crippen molar-refractivity contribution >= 4 is 16.8 Å². The van der Waals surface area contributed by atoms with Crippen LogP contribution in [0.25, 0.3) is 11.1 Å². The average molecular weight is 282 g/mol. The summed E-state index contributed by atoms with van der Waals surface area (Å²) in [6.07, 6.45) is 1.05. The highest BCUT2D eigenvalue weighted by Gasteiger charge is 2.07. The highest BCUT2D eigenvalue weighted by Crippen LogP contribution is 2.22. The average Bonchev–Trinajstić information content (AvgIpc) is 2.86. The van der Waals surface area contributed by atoms with E-state index in [0.29, 0.717) is 11.1 Å². The van der Waals surface area contributed by atoms with Crippen LogP contribution < -0.4 is 11.1 Å². The standard InChI is InChI=1S/C17H18N2O2/c1-3-12-4-6-13(7-5-12)11(2)18-14-8-9-16-15(10-14)19-17(20)21-16/h4-11,18H,3H2,1-2H3,(H,19,20). The van der Waals surface area contributed by atoms with Crippen LogP contribution in [0, 0.1) is 0 Å². The van der Waals surface area contributed by atoms with Gasteiger partial charge < -0.3 is 9.73 Å². The summed E-state index contributed by atoms with van der Waals surface area (Å²) >= 11 is 0. The summed E-state index contributed by atoms with van der Waals surface area (Å²) in [5.41, 5.74) is 4.80. The van der Waals surface area contributed by atoms with Crippen LogP contribution in [-0.2, 0) is 6.42 Å².